The summed E-state index contributed by atoms with van der Waals surface area (Å²) in [6, 6.07) is 20.3. The second-order valence-electron chi connectivity index (χ2n) is 6.50. The fraction of sp³-hybridized carbons (Fsp3) is 0.273. The highest BCUT2D eigenvalue weighted by atomic mass is 16.5. The van der Waals surface area contributed by atoms with Crippen molar-refractivity contribution in [2.75, 3.05) is 19.1 Å². The molecule has 1 aliphatic carbocycles. The molecule has 0 unspecified atom stereocenters. The summed E-state index contributed by atoms with van der Waals surface area (Å²) in [4.78, 5) is 13.6. The Labute approximate surface area is 154 Å². The molecule has 1 aliphatic rings. The van der Waals surface area contributed by atoms with E-state index in [1.807, 2.05) is 60.5 Å². The van der Waals surface area contributed by atoms with Crippen LogP contribution in [0.15, 0.2) is 66.7 Å². The summed E-state index contributed by atoms with van der Waals surface area (Å²) in [7, 11) is 3.32. The molecule has 0 saturated carbocycles. The van der Waals surface area contributed by atoms with Crippen molar-refractivity contribution in [3.05, 3.63) is 77.9 Å². The van der Waals surface area contributed by atoms with Crippen molar-refractivity contribution in [3.63, 3.8) is 0 Å². The summed E-state index contributed by atoms with van der Waals surface area (Å²) in [5, 5.41) is 9.98. The number of rotatable bonds is 5. The van der Waals surface area contributed by atoms with Gasteiger partial charge < -0.3 is 9.64 Å². The van der Waals surface area contributed by atoms with Gasteiger partial charge in [0.15, 0.2) is 0 Å². The molecule has 0 N–H and O–H groups in total. The summed E-state index contributed by atoms with van der Waals surface area (Å²) < 4.78 is 4.72. The number of likely N-dealkylation sites (N-methyl/N-ethyl adjacent to an activating group) is 1. The van der Waals surface area contributed by atoms with E-state index in [0.29, 0.717) is 0 Å². The first-order valence-corrected chi connectivity index (χ1v) is 8.67. The monoisotopic (exact) mass is 346 g/mol. The molecule has 0 radical (unpaired) electrons. The number of allylic oxidation sites excluding steroid dienone is 1. The third-order valence-corrected chi connectivity index (χ3v) is 5.06. The quantitative estimate of drug-likeness (QED) is 0.612. The number of nitriles is 1. The smallest absolute Gasteiger partial charge is 0.330 e. The minimum atomic E-state index is -0.371. The van der Waals surface area contributed by atoms with Crippen LogP contribution in [0.4, 0.5) is 5.69 Å². The molecule has 3 atom stereocenters. The fourth-order valence-corrected chi connectivity index (χ4v) is 3.75. The number of carbonyl (C=O) groups excluding carboxylic acids is 1. The average molecular weight is 346 g/mol. The highest BCUT2D eigenvalue weighted by Crippen LogP contribution is 2.42. The maximum Gasteiger partial charge on any atom is 0.330 e. The highest BCUT2D eigenvalue weighted by Gasteiger charge is 2.38. The Morgan fingerprint density at radius 3 is 2.62 bits per heavy atom. The Hall–Kier alpha value is -3.06. The van der Waals surface area contributed by atoms with Gasteiger partial charge in [-0.15, -0.1) is 0 Å². The van der Waals surface area contributed by atoms with E-state index >= 15 is 0 Å². The van der Waals surface area contributed by atoms with Gasteiger partial charge in [-0.3, -0.25) is 0 Å². The lowest BCUT2D eigenvalue weighted by molar-refractivity contribution is -0.134. The van der Waals surface area contributed by atoms with E-state index in [1.165, 1.54) is 24.3 Å². The Morgan fingerprint density at radius 2 is 1.92 bits per heavy atom. The maximum atomic E-state index is 11.6. The number of fused-ring (bicyclic) bond motifs is 1. The summed E-state index contributed by atoms with van der Waals surface area (Å²) in [6.45, 7) is 0. The number of carbonyl (C=O) groups is 1. The molecule has 0 amide bonds. The largest absolute Gasteiger partial charge is 0.466 e. The molecule has 0 fully saturated rings. The first kappa shape index (κ1) is 17.8. The zero-order valence-electron chi connectivity index (χ0n) is 15.0. The molecule has 4 heteroatoms. The minimum absolute atomic E-state index is 0.0117. The molecule has 4 nitrogen and oxygen atoms in total. The van der Waals surface area contributed by atoms with E-state index in [9.17, 15) is 10.1 Å². The third-order valence-electron chi connectivity index (χ3n) is 5.06. The van der Waals surface area contributed by atoms with Crippen molar-refractivity contribution in [1.82, 2.24) is 0 Å². The van der Waals surface area contributed by atoms with Crippen LogP contribution in [0, 0.1) is 17.2 Å². The second-order valence-corrected chi connectivity index (χ2v) is 6.50. The lowest BCUT2D eigenvalue weighted by atomic mass is 9.85. The van der Waals surface area contributed by atoms with Crippen molar-refractivity contribution in [1.29, 1.82) is 5.26 Å². The van der Waals surface area contributed by atoms with Gasteiger partial charge in [0.05, 0.1) is 13.2 Å². The van der Waals surface area contributed by atoms with Crippen LogP contribution in [-0.2, 0) is 16.0 Å². The zero-order chi connectivity index (χ0) is 18.5. The number of anilines is 1. The fourth-order valence-electron chi connectivity index (χ4n) is 3.75. The summed E-state index contributed by atoms with van der Waals surface area (Å²) in [5.74, 6) is -0.311. The van der Waals surface area contributed by atoms with Gasteiger partial charge in [-0.1, -0.05) is 48.5 Å². The van der Waals surface area contributed by atoms with E-state index < -0.39 is 0 Å². The second kappa shape index (κ2) is 7.88. The van der Waals surface area contributed by atoms with Crippen molar-refractivity contribution in [2.24, 2.45) is 5.92 Å². The van der Waals surface area contributed by atoms with Crippen LogP contribution in [0.25, 0.3) is 0 Å². The average Bonchev–Trinajstić information content (AvgIpc) is 3.05. The van der Waals surface area contributed by atoms with Crippen LogP contribution in [-0.4, -0.2) is 26.2 Å². The molecule has 0 spiro atoms. The van der Waals surface area contributed by atoms with E-state index in [-0.39, 0.29) is 23.8 Å². The molecule has 3 rings (SSSR count). The molecule has 0 aromatic heterocycles. The number of methoxy groups -OCH3 is 1. The van der Waals surface area contributed by atoms with Crippen LogP contribution in [0.2, 0.25) is 0 Å². The van der Waals surface area contributed by atoms with E-state index in [0.717, 1.165) is 12.1 Å². The van der Waals surface area contributed by atoms with E-state index in [4.69, 9.17) is 4.74 Å². The Bertz CT molecular complexity index is 839. The Kier molecular flexibility index (Phi) is 5.38. The molecule has 26 heavy (non-hydrogen) atoms. The molecule has 0 heterocycles. The predicted octanol–water partition coefficient (Wildman–Crippen LogP) is 3.70. The molecule has 0 aliphatic heterocycles. The SMILES string of the molecule is COC(=O)/C=C\[C@H]1Cc2ccccc2[C@@H]1[C@@H](C#N)N(C)c1ccccc1. The van der Waals surface area contributed by atoms with Gasteiger partial charge in [-0.2, -0.15) is 5.26 Å². The standard InChI is InChI=1S/C22H22N2O2/c1-24(18-9-4-3-5-10-18)20(15-23)22-17(12-13-21(25)26-2)14-16-8-6-7-11-19(16)22/h3-13,17,20,22H,14H2,1-2H3/b13-12-/t17-,20+,22+/m0/s1. The topological polar surface area (TPSA) is 53.3 Å². The molecule has 2 aromatic carbocycles. The summed E-state index contributed by atoms with van der Waals surface area (Å²) >= 11 is 0. The van der Waals surface area contributed by atoms with E-state index in [2.05, 4.69) is 18.2 Å². The molecule has 0 bridgehead atoms. The third kappa shape index (κ3) is 3.48. The van der Waals surface area contributed by atoms with Gasteiger partial charge in [0.1, 0.15) is 6.04 Å². The van der Waals surface area contributed by atoms with Crippen LogP contribution in [0.3, 0.4) is 0 Å². The normalized spacial score (nSPS) is 19.6. The van der Waals surface area contributed by atoms with Crippen molar-refractivity contribution in [3.8, 4) is 6.07 Å². The highest BCUT2D eigenvalue weighted by molar-refractivity contribution is 5.81. The van der Waals surface area contributed by atoms with Gasteiger partial charge in [0, 0.05) is 24.7 Å². The Morgan fingerprint density at radius 1 is 1.23 bits per heavy atom. The zero-order valence-corrected chi connectivity index (χ0v) is 15.0. The molecule has 0 saturated heterocycles. The van der Waals surface area contributed by atoms with Gasteiger partial charge >= 0.3 is 5.97 Å². The molecular weight excluding hydrogens is 324 g/mol. The minimum Gasteiger partial charge on any atom is -0.466 e. The summed E-state index contributed by atoms with van der Waals surface area (Å²) in [6.07, 6.45) is 4.18. The lowest BCUT2D eigenvalue weighted by Gasteiger charge is -2.32. The van der Waals surface area contributed by atoms with Crippen molar-refractivity contribution < 1.29 is 9.53 Å². The van der Waals surface area contributed by atoms with Gasteiger partial charge in [0.25, 0.3) is 0 Å². The van der Waals surface area contributed by atoms with E-state index in [1.54, 1.807) is 0 Å². The van der Waals surface area contributed by atoms with Crippen LogP contribution < -0.4 is 4.90 Å². The number of benzene rings is 2. The maximum absolute atomic E-state index is 11.6. The first-order valence-electron chi connectivity index (χ1n) is 8.67. The van der Waals surface area contributed by atoms with Crippen LogP contribution >= 0.6 is 0 Å². The summed E-state index contributed by atoms with van der Waals surface area (Å²) in [5.41, 5.74) is 3.42. The van der Waals surface area contributed by atoms with Gasteiger partial charge in [0.2, 0.25) is 0 Å². The van der Waals surface area contributed by atoms with Crippen molar-refractivity contribution in [2.45, 2.75) is 18.4 Å². The number of ether oxygens (including phenoxy) is 1. The molecule has 2 aromatic rings. The first-order chi connectivity index (χ1) is 12.7. The Balaban J connectivity index is 1.97. The van der Waals surface area contributed by atoms with Crippen LogP contribution in [0.1, 0.15) is 17.0 Å². The number of esters is 1. The number of hydrogen-bond donors (Lipinski definition) is 0. The van der Waals surface area contributed by atoms with Gasteiger partial charge in [-0.25, -0.2) is 4.79 Å². The number of hydrogen-bond acceptors (Lipinski definition) is 4. The number of nitrogens with zero attached hydrogens (tertiary/aromatic N) is 2. The lowest BCUT2D eigenvalue weighted by Crippen LogP contribution is -2.37. The number of para-hydroxylation sites is 1. The van der Waals surface area contributed by atoms with Crippen molar-refractivity contribution >= 4 is 11.7 Å². The molecular formula is C22H22N2O2. The predicted molar refractivity (Wildman–Crippen MR) is 102 cm³/mol. The van der Waals surface area contributed by atoms with Gasteiger partial charge in [-0.05, 0) is 35.6 Å². The van der Waals surface area contributed by atoms with Crippen LogP contribution in [0.5, 0.6) is 0 Å². The molecule has 132 valence electrons.